The van der Waals surface area contributed by atoms with Gasteiger partial charge in [0.2, 0.25) is 0 Å². The third-order valence-corrected chi connectivity index (χ3v) is 4.80. The Bertz CT molecular complexity index is 360. The Morgan fingerprint density at radius 3 is 2.56 bits per heavy atom. The zero-order valence-corrected chi connectivity index (χ0v) is 10.8. The third kappa shape index (κ3) is 1.49. The molecule has 0 spiro atoms. The maximum Gasteiger partial charge on any atom is 0.142 e. The van der Waals surface area contributed by atoms with Crippen LogP contribution in [0.3, 0.4) is 0 Å². The maximum absolute atomic E-state index is 10.5. The smallest absolute Gasteiger partial charge is 0.142 e. The molecule has 0 bridgehead atoms. The molecule has 0 aromatic rings. The third-order valence-electron chi connectivity index (χ3n) is 4.80. The SMILES string of the molecule is CC1=C2[C@@H](C)CC[C@@H]2C(C)(C)[C@H]1/C=C\C=O. The van der Waals surface area contributed by atoms with Gasteiger partial charge >= 0.3 is 0 Å². The average molecular weight is 218 g/mol. The van der Waals surface area contributed by atoms with Crippen molar-refractivity contribution in [3.63, 3.8) is 0 Å². The van der Waals surface area contributed by atoms with Crippen molar-refractivity contribution in [1.29, 1.82) is 0 Å². The molecular weight excluding hydrogens is 196 g/mol. The molecular formula is C15H22O. The summed E-state index contributed by atoms with van der Waals surface area (Å²) < 4.78 is 0. The lowest BCUT2D eigenvalue weighted by Gasteiger charge is -2.32. The van der Waals surface area contributed by atoms with Crippen LogP contribution in [0, 0.1) is 23.2 Å². The van der Waals surface area contributed by atoms with Gasteiger partial charge in [0, 0.05) is 5.92 Å². The summed E-state index contributed by atoms with van der Waals surface area (Å²) in [5, 5.41) is 0. The summed E-state index contributed by atoms with van der Waals surface area (Å²) in [4.78, 5) is 10.5. The van der Waals surface area contributed by atoms with Crippen LogP contribution in [0.25, 0.3) is 0 Å². The van der Waals surface area contributed by atoms with Crippen LogP contribution >= 0.6 is 0 Å². The maximum atomic E-state index is 10.5. The molecule has 2 rings (SSSR count). The topological polar surface area (TPSA) is 17.1 Å². The second-order valence-electron chi connectivity index (χ2n) is 5.99. The van der Waals surface area contributed by atoms with Gasteiger partial charge in [-0.15, -0.1) is 0 Å². The van der Waals surface area contributed by atoms with E-state index in [1.807, 2.05) is 0 Å². The van der Waals surface area contributed by atoms with Gasteiger partial charge in [0.15, 0.2) is 0 Å². The fraction of sp³-hybridized carbons (Fsp3) is 0.667. The molecule has 0 saturated heterocycles. The van der Waals surface area contributed by atoms with Crippen molar-refractivity contribution in [2.45, 2.75) is 40.5 Å². The molecule has 0 radical (unpaired) electrons. The molecule has 3 atom stereocenters. The Labute approximate surface area is 98.6 Å². The average Bonchev–Trinajstić information content (AvgIpc) is 2.67. The number of rotatable bonds is 2. The summed E-state index contributed by atoms with van der Waals surface area (Å²) in [6, 6.07) is 0. The number of aldehydes is 1. The Hall–Kier alpha value is -0.850. The van der Waals surface area contributed by atoms with Crippen LogP contribution in [0.5, 0.6) is 0 Å². The monoisotopic (exact) mass is 218 g/mol. The Kier molecular flexibility index (Phi) is 2.81. The second-order valence-corrected chi connectivity index (χ2v) is 5.99. The van der Waals surface area contributed by atoms with Gasteiger partial charge in [0.1, 0.15) is 6.29 Å². The van der Waals surface area contributed by atoms with E-state index in [1.54, 1.807) is 11.6 Å². The van der Waals surface area contributed by atoms with Crippen LogP contribution < -0.4 is 0 Å². The minimum Gasteiger partial charge on any atom is -0.299 e. The van der Waals surface area contributed by atoms with Crippen molar-refractivity contribution >= 4 is 6.29 Å². The molecule has 1 saturated carbocycles. The lowest BCUT2D eigenvalue weighted by atomic mass is 9.72. The van der Waals surface area contributed by atoms with E-state index in [0.29, 0.717) is 11.3 Å². The van der Waals surface area contributed by atoms with E-state index in [-0.39, 0.29) is 0 Å². The molecule has 0 aromatic carbocycles. The Balaban J connectivity index is 2.40. The highest BCUT2D eigenvalue weighted by Crippen LogP contribution is 2.59. The van der Waals surface area contributed by atoms with E-state index in [2.05, 4.69) is 33.8 Å². The van der Waals surface area contributed by atoms with Gasteiger partial charge in [0.05, 0.1) is 0 Å². The lowest BCUT2D eigenvalue weighted by Crippen LogP contribution is -2.25. The van der Waals surface area contributed by atoms with E-state index < -0.39 is 0 Å². The first kappa shape index (κ1) is 11.6. The second kappa shape index (κ2) is 3.87. The molecule has 88 valence electrons. The molecule has 0 N–H and O–H groups in total. The van der Waals surface area contributed by atoms with Crippen molar-refractivity contribution in [1.82, 2.24) is 0 Å². The van der Waals surface area contributed by atoms with Crippen molar-refractivity contribution in [3.05, 3.63) is 23.3 Å². The fourth-order valence-electron chi connectivity index (χ4n) is 4.01. The first-order chi connectivity index (χ1) is 7.50. The van der Waals surface area contributed by atoms with E-state index >= 15 is 0 Å². The number of carbonyl (C=O) groups is 1. The van der Waals surface area contributed by atoms with E-state index in [4.69, 9.17) is 0 Å². The molecule has 0 heterocycles. The largest absolute Gasteiger partial charge is 0.299 e. The summed E-state index contributed by atoms with van der Waals surface area (Å²) in [7, 11) is 0. The zero-order chi connectivity index (χ0) is 11.9. The number of carbonyl (C=O) groups excluding carboxylic acids is 1. The van der Waals surface area contributed by atoms with Crippen molar-refractivity contribution in [2.75, 3.05) is 0 Å². The summed E-state index contributed by atoms with van der Waals surface area (Å²) in [5.74, 6) is 1.95. The van der Waals surface area contributed by atoms with Gasteiger partial charge in [0.25, 0.3) is 0 Å². The number of allylic oxidation sites excluding steroid dienone is 4. The van der Waals surface area contributed by atoms with E-state index in [9.17, 15) is 4.79 Å². The van der Waals surface area contributed by atoms with Crippen molar-refractivity contribution in [2.24, 2.45) is 23.2 Å². The molecule has 2 aliphatic carbocycles. The lowest BCUT2D eigenvalue weighted by molar-refractivity contribution is -0.104. The summed E-state index contributed by atoms with van der Waals surface area (Å²) in [6.07, 6.45) is 7.32. The molecule has 0 unspecified atom stereocenters. The summed E-state index contributed by atoms with van der Waals surface area (Å²) >= 11 is 0. The first-order valence-electron chi connectivity index (χ1n) is 6.32. The Morgan fingerprint density at radius 1 is 1.31 bits per heavy atom. The van der Waals surface area contributed by atoms with E-state index in [1.165, 1.54) is 18.4 Å². The zero-order valence-electron chi connectivity index (χ0n) is 10.8. The molecule has 16 heavy (non-hydrogen) atoms. The molecule has 1 fully saturated rings. The van der Waals surface area contributed by atoms with Gasteiger partial charge in [-0.2, -0.15) is 0 Å². The van der Waals surface area contributed by atoms with Crippen molar-refractivity contribution in [3.8, 4) is 0 Å². The van der Waals surface area contributed by atoms with Gasteiger partial charge in [-0.1, -0.05) is 38.0 Å². The molecule has 1 nitrogen and oxygen atoms in total. The predicted octanol–water partition coefficient (Wildman–Crippen LogP) is 3.76. The summed E-state index contributed by atoms with van der Waals surface area (Å²) in [5.41, 5.74) is 3.51. The highest BCUT2D eigenvalue weighted by atomic mass is 16.1. The highest BCUT2D eigenvalue weighted by molar-refractivity contribution is 5.65. The first-order valence-corrected chi connectivity index (χ1v) is 6.32. The van der Waals surface area contributed by atoms with Gasteiger partial charge in [-0.05, 0) is 43.1 Å². The minimum absolute atomic E-state index is 0.295. The van der Waals surface area contributed by atoms with Crippen LogP contribution in [0.15, 0.2) is 23.3 Å². The van der Waals surface area contributed by atoms with Gasteiger partial charge < -0.3 is 0 Å². The van der Waals surface area contributed by atoms with Gasteiger partial charge in [-0.3, -0.25) is 4.79 Å². The molecule has 1 heteroatoms. The Morgan fingerprint density at radius 2 is 2.00 bits per heavy atom. The molecule has 0 aliphatic heterocycles. The van der Waals surface area contributed by atoms with E-state index in [0.717, 1.165) is 18.1 Å². The molecule has 2 aliphatic rings. The standard InChI is InChI=1S/C15H22O/c1-10-7-8-13-14(10)11(2)12(6-5-9-16)15(13,3)4/h5-6,9-10,12-13H,7-8H2,1-4H3/b6-5-/t10-,12-,13-/m0/s1. The summed E-state index contributed by atoms with van der Waals surface area (Å²) in [6.45, 7) is 9.32. The van der Waals surface area contributed by atoms with Crippen LogP contribution in [0.1, 0.15) is 40.5 Å². The highest BCUT2D eigenvalue weighted by Gasteiger charge is 2.49. The van der Waals surface area contributed by atoms with Crippen molar-refractivity contribution < 1.29 is 4.79 Å². The predicted molar refractivity (Wildman–Crippen MR) is 67.1 cm³/mol. The van der Waals surface area contributed by atoms with Gasteiger partial charge in [-0.25, -0.2) is 0 Å². The number of hydrogen-bond acceptors (Lipinski definition) is 1. The normalized spacial score (nSPS) is 37.1. The number of fused-ring (bicyclic) bond motifs is 1. The quantitative estimate of drug-likeness (QED) is 0.392. The molecule has 0 amide bonds. The number of hydrogen-bond donors (Lipinski definition) is 0. The van der Waals surface area contributed by atoms with Crippen LogP contribution in [0.4, 0.5) is 0 Å². The molecule has 0 aromatic heterocycles. The minimum atomic E-state index is 0.295. The fourth-order valence-corrected chi connectivity index (χ4v) is 4.01. The van der Waals surface area contributed by atoms with Crippen LogP contribution in [-0.2, 0) is 4.79 Å². The van der Waals surface area contributed by atoms with Crippen LogP contribution in [0.2, 0.25) is 0 Å². The van der Waals surface area contributed by atoms with Crippen LogP contribution in [-0.4, -0.2) is 6.29 Å².